The minimum absolute atomic E-state index is 0.0253. The molecule has 1 aliphatic heterocycles. The van der Waals surface area contributed by atoms with Gasteiger partial charge in [-0.05, 0) is 44.4 Å². The van der Waals surface area contributed by atoms with Crippen LogP contribution in [0.4, 0.5) is 0 Å². The lowest BCUT2D eigenvalue weighted by Crippen LogP contribution is -2.56. The number of carbonyl (C=O) groups excluding carboxylic acids is 1. The molecule has 2 N–H and O–H groups in total. The second-order valence-electron chi connectivity index (χ2n) is 9.26. The number of carboxylic acid groups (broad SMARTS) is 1. The number of carboxylic acids is 1. The van der Waals surface area contributed by atoms with Crippen molar-refractivity contribution in [2.45, 2.75) is 84.3 Å². The van der Waals surface area contributed by atoms with Crippen molar-refractivity contribution >= 4 is 11.8 Å². The monoisotopic (exact) mass is 390 g/mol. The van der Waals surface area contributed by atoms with E-state index in [1.54, 1.807) is 0 Å². The second kappa shape index (κ2) is 8.31. The molecule has 2 bridgehead atoms. The van der Waals surface area contributed by atoms with E-state index in [0.29, 0.717) is 6.42 Å². The summed E-state index contributed by atoms with van der Waals surface area (Å²) < 4.78 is 1.89. The summed E-state index contributed by atoms with van der Waals surface area (Å²) in [4.78, 5) is 25.0. The third kappa shape index (κ3) is 4.14. The van der Waals surface area contributed by atoms with Crippen LogP contribution in [0.3, 0.4) is 0 Å². The van der Waals surface area contributed by atoms with Crippen LogP contribution < -0.4 is 5.32 Å². The Balaban J connectivity index is 1.90. The number of hydrogen-bond donors (Lipinski definition) is 2. The summed E-state index contributed by atoms with van der Waals surface area (Å²) in [5.74, 6) is -0.420. The maximum Gasteiger partial charge on any atom is 0.320 e. The molecule has 2 heterocycles. The largest absolute Gasteiger partial charge is 0.480 e. The van der Waals surface area contributed by atoms with Crippen LogP contribution in [0.2, 0.25) is 0 Å². The Morgan fingerprint density at radius 1 is 1.14 bits per heavy atom. The number of nitrogens with one attached hydrogen (secondary N) is 1. The molecule has 3 rings (SSSR count). The van der Waals surface area contributed by atoms with Crippen molar-refractivity contribution in [2.75, 3.05) is 0 Å². The van der Waals surface area contributed by atoms with Gasteiger partial charge < -0.3 is 10.4 Å². The van der Waals surface area contributed by atoms with Gasteiger partial charge in [-0.15, -0.1) is 5.10 Å². The first-order chi connectivity index (χ1) is 13.2. The summed E-state index contributed by atoms with van der Waals surface area (Å²) in [5.41, 5.74) is 0.899. The van der Waals surface area contributed by atoms with E-state index in [0.717, 1.165) is 25.0 Å². The van der Waals surface area contributed by atoms with Crippen LogP contribution in [-0.2, 0) is 9.59 Å². The number of aliphatic carboxylic acids is 1. The molecule has 0 amide bonds. The lowest BCUT2D eigenvalue weighted by molar-refractivity contribution is -0.143. The SMILES string of the molecule is CC1CC(C)C(C(=O)O)NC2CCC2C(=O)C(C)C(C)CC(C)n2cc1nn2. The van der Waals surface area contributed by atoms with Crippen molar-refractivity contribution in [2.24, 2.45) is 23.7 Å². The summed E-state index contributed by atoms with van der Waals surface area (Å²) in [6.45, 7) is 10.3. The van der Waals surface area contributed by atoms with Crippen molar-refractivity contribution in [1.82, 2.24) is 20.3 Å². The van der Waals surface area contributed by atoms with Crippen LogP contribution in [0.5, 0.6) is 0 Å². The smallest absolute Gasteiger partial charge is 0.320 e. The first kappa shape index (κ1) is 21.0. The molecule has 28 heavy (non-hydrogen) atoms. The molecule has 0 spiro atoms. The Morgan fingerprint density at radius 2 is 1.86 bits per heavy atom. The first-order valence-electron chi connectivity index (χ1n) is 10.6. The predicted octanol–water partition coefficient (Wildman–Crippen LogP) is 3.04. The average molecular weight is 391 g/mol. The Kier molecular flexibility index (Phi) is 6.22. The highest BCUT2D eigenvalue weighted by molar-refractivity contribution is 5.85. The zero-order valence-corrected chi connectivity index (χ0v) is 17.6. The predicted molar refractivity (Wildman–Crippen MR) is 106 cm³/mol. The lowest BCUT2D eigenvalue weighted by atomic mass is 9.70. The fourth-order valence-corrected chi connectivity index (χ4v) is 4.76. The minimum atomic E-state index is -0.846. The van der Waals surface area contributed by atoms with Gasteiger partial charge in [0.15, 0.2) is 0 Å². The number of fused-ring (bicyclic) bond motifs is 3. The third-order valence-corrected chi connectivity index (χ3v) is 7.09. The number of Topliss-reactive ketones (excluding diaryl/α,β-unsaturated/α-hetero) is 1. The molecule has 1 fully saturated rings. The van der Waals surface area contributed by atoms with Crippen molar-refractivity contribution in [3.8, 4) is 0 Å². The molecule has 8 unspecified atom stereocenters. The molecule has 1 saturated carbocycles. The number of carbonyl (C=O) groups is 2. The van der Waals surface area contributed by atoms with E-state index < -0.39 is 12.0 Å². The molecule has 156 valence electrons. The molecule has 7 nitrogen and oxygen atoms in total. The van der Waals surface area contributed by atoms with Gasteiger partial charge in [-0.2, -0.15) is 0 Å². The van der Waals surface area contributed by atoms with Crippen LogP contribution in [0.15, 0.2) is 6.20 Å². The second-order valence-corrected chi connectivity index (χ2v) is 9.26. The molecule has 0 saturated heterocycles. The normalized spacial score (nSPS) is 40.0. The molecule has 8 atom stereocenters. The number of aromatic nitrogens is 3. The standard InChI is InChI=1S/C21H34N4O3/c1-11-9-14(4)25-10-18(23-24-25)12(2)8-13(3)19(21(27)28)22-17-7-6-16(17)20(26)15(11)5/h10-17,19,22H,6-9H2,1-5H3,(H,27,28). The van der Waals surface area contributed by atoms with Crippen LogP contribution in [0, 0.1) is 23.7 Å². The highest BCUT2D eigenvalue weighted by Crippen LogP contribution is 2.36. The van der Waals surface area contributed by atoms with E-state index >= 15 is 0 Å². The maximum absolute atomic E-state index is 13.1. The van der Waals surface area contributed by atoms with Crippen LogP contribution in [0.1, 0.15) is 78.0 Å². The molecule has 1 aliphatic carbocycles. The zero-order chi connectivity index (χ0) is 20.6. The lowest BCUT2D eigenvalue weighted by Gasteiger charge is -2.41. The molecule has 7 heteroatoms. The average Bonchev–Trinajstić information content (AvgIpc) is 3.09. The molecule has 0 aromatic carbocycles. The van der Waals surface area contributed by atoms with E-state index in [2.05, 4.69) is 36.4 Å². The summed E-state index contributed by atoms with van der Waals surface area (Å²) >= 11 is 0. The van der Waals surface area contributed by atoms with Crippen molar-refractivity contribution in [3.05, 3.63) is 11.9 Å². The number of ketones is 1. The molecular weight excluding hydrogens is 356 g/mol. The van der Waals surface area contributed by atoms with Gasteiger partial charge in [0.2, 0.25) is 0 Å². The van der Waals surface area contributed by atoms with E-state index in [1.165, 1.54) is 0 Å². The fraction of sp³-hybridized carbons (Fsp3) is 0.810. The first-order valence-corrected chi connectivity index (χ1v) is 10.6. The minimum Gasteiger partial charge on any atom is -0.480 e. The molecule has 1 aromatic rings. The van der Waals surface area contributed by atoms with Gasteiger partial charge in [0, 0.05) is 30.0 Å². The molecule has 2 aliphatic rings. The number of hydrogen-bond acceptors (Lipinski definition) is 5. The topological polar surface area (TPSA) is 97.1 Å². The van der Waals surface area contributed by atoms with Crippen LogP contribution in [-0.4, -0.2) is 43.9 Å². The zero-order valence-electron chi connectivity index (χ0n) is 17.6. The quantitative estimate of drug-likeness (QED) is 0.765. The Labute approximate surface area is 167 Å². The van der Waals surface area contributed by atoms with Gasteiger partial charge in [0.05, 0.1) is 11.7 Å². The van der Waals surface area contributed by atoms with Gasteiger partial charge in [0.1, 0.15) is 11.8 Å². The Hall–Kier alpha value is -1.76. The summed E-state index contributed by atoms with van der Waals surface area (Å²) in [5, 5.41) is 21.7. The Bertz CT molecular complexity index is 718. The van der Waals surface area contributed by atoms with Gasteiger partial charge in [-0.25, -0.2) is 4.68 Å². The highest BCUT2D eigenvalue weighted by atomic mass is 16.4. The summed E-state index contributed by atoms with van der Waals surface area (Å²) in [6.07, 6.45) is 5.27. The molecule has 1 aromatic heterocycles. The van der Waals surface area contributed by atoms with Crippen LogP contribution in [0.25, 0.3) is 0 Å². The fourth-order valence-electron chi connectivity index (χ4n) is 4.76. The van der Waals surface area contributed by atoms with Crippen molar-refractivity contribution in [1.29, 1.82) is 0 Å². The van der Waals surface area contributed by atoms with Gasteiger partial charge >= 0.3 is 5.97 Å². The van der Waals surface area contributed by atoms with Crippen molar-refractivity contribution < 1.29 is 14.7 Å². The molecule has 0 radical (unpaired) electrons. The number of nitrogens with zero attached hydrogens (tertiary/aromatic N) is 3. The van der Waals surface area contributed by atoms with E-state index in [9.17, 15) is 14.7 Å². The molecular formula is C21H34N4O3. The Morgan fingerprint density at radius 3 is 2.46 bits per heavy atom. The van der Waals surface area contributed by atoms with Crippen LogP contribution >= 0.6 is 0 Å². The van der Waals surface area contributed by atoms with Gasteiger partial charge in [-0.1, -0.05) is 32.9 Å². The van der Waals surface area contributed by atoms with E-state index in [4.69, 9.17) is 0 Å². The summed E-state index contributed by atoms with van der Waals surface area (Å²) in [7, 11) is 0. The third-order valence-electron chi connectivity index (χ3n) is 7.09. The van der Waals surface area contributed by atoms with Gasteiger partial charge in [-0.3, -0.25) is 9.59 Å². The summed E-state index contributed by atoms with van der Waals surface area (Å²) in [6, 6.07) is -0.513. The van der Waals surface area contributed by atoms with E-state index in [1.807, 2.05) is 24.7 Å². The number of rotatable bonds is 1. The van der Waals surface area contributed by atoms with E-state index in [-0.39, 0.29) is 47.5 Å². The van der Waals surface area contributed by atoms with Crippen molar-refractivity contribution in [3.63, 3.8) is 0 Å². The maximum atomic E-state index is 13.1. The highest BCUT2D eigenvalue weighted by Gasteiger charge is 2.42. The van der Waals surface area contributed by atoms with Gasteiger partial charge in [0.25, 0.3) is 0 Å².